The van der Waals surface area contributed by atoms with Gasteiger partial charge in [-0.25, -0.2) is 18.9 Å². The van der Waals surface area contributed by atoms with Crippen molar-refractivity contribution in [3.8, 4) is 0 Å². The van der Waals surface area contributed by atoms with Gasteiger partial charge in [0.15, 0.2) is 5.65 Å². The number of carbonyl (C=O) groups excluding carboxylic acids is 1. The third-order valence-electron chi connectivity index (χ3n) is 5.44. The second-order valence-electron chi connectivity index (χ2n) is 7.38. The van der Waals surface area contributed by atoms with Crippen molar-refractivity contribution >= 4 is 23.2 Å². The highest BCUT2D eigenvalue weighted by Crippen LogP contribution is 2.31. The third-order valence-corrected chi connectivity index (χ3v) is 5.44. The molecule has 144 valence electrons. The molecule has 5 heterocycles. The average Bonchev–Trinajstić information content (AvgIpc) is 3.32. The highest BCUT2D eigenvalue weighted by Gasteiger charge is 2.28. The van der Waals surface area contributed by atoms with Crippen LogP contribution >= 0.6 is 0 Å². The molecule has 2 N–H and O–H groups in total. The Kier molecular flexibility index (Phi) is 3.88. The number of carbonyl (C=O) groups is 1. The lowest BCUT2D eigenvalue weighted by Gasteiger charge is -2.25. The number of hydrogen-bond donors (Lipinski definition) is 2. The van der Waals surface area contributed by atoms with Gasteiger partial charge in [0.2, 0.25) is 0 Å². The van der Waals surface area contributed by atoms with Crippen molar-refractivity contribution in [3.05, 3.63) is 47.7 Å². The summed E-state index contributed by atoms with van der Waals surface area (Å²) in [5.74, 6) is 1.13. The van der Waals surface area contributed by atoms with E-state index in [-0.39, 0.29) is 17.8 Å². The molecular weight excluding hydrogens is 361 g/mol. The summed E-state index contributed by atoms with van der Waals surface area (Å²) in [7, 11) is 0. The Morgan fingerprint density at radius 1 is 1.32 bits per heavy atom. The number of hydrogen-bond acceptors (Lipinski definition) is 6. The fraction of sp³-hybridized carbons (Fsp3) is 0.368. The van der Waals surface area contributed by atoms with Crippen molar-refractivity contribution in [1.29, 1.82) is 0 Å². The van der Waals surface area contributed by atoms with Crippen molar-refractivity contribution in [2.45, 2.75) is 19.4 Å². The predicted molar refractivity (Wildman–Crippen MR) is 102 cm³/mol. The Bertz CT molecular complexity index is 1070. The first-order valence-corrected chi connectivity index (χ1v) is 9.38. The summed E-state index contributed by atoms with van der Waals surface area (Å²) in [6.07, 6.45) is 5.48. The van der Waals surface area contributed by atoms with Crippen molar-refractivity contribution in [2.75, 3.05) is 29.9 Å². The van der Waals surface area contributed by atoms with Gasteiger partial charge >= 0.3 is 0 Å². The fourth-order valence-electron chi connectivity index (χ4n) is 3.96. The maximum absolute atomic E-state index is 14.0. The molecule has 28 heavy (non-hydrogen) atoms. The third kappa shape index (κ3) is 2.83. The normalized spacial score (nSPS) is 21.9. The number of fused-ring (bicyclic) bond motifs is 5. The van der Waals surface area contributed by atoms with Crippen LogP contribution in [0.25, 0.3) is 5.65 Å². The number of amides is 1. The average molecular weight is 381 g/mol. The molecule has 1 amide bonds. The molecular formula is C19H20FN7O. The number of nitrogens with one attached hydrogen (secondary N) is 2. The molecule has 1 unspecified atom stereocenters. The van der Waals surface area contributed by atoms with Crippen molar-refractivity contribution in [1.82, 2.24) is 24.9 Å². The van der Waals surface area contributed by atoms with Crippen LogP contribution in [0.1, 0.15) is 35.3 Å². The molecule has 4 bridgehead atoms. The summed E-state index contributed by atoms with van der Waals surface area (Å²) >= 11 is 0. The molecule has 0 saturated carbocycles. The van der Waals surface area contributed by atoms with Crippen LogP contribution in [0.2, 0.25) is 0 Å². The Morgan fingerprint density at radius 3 is 3.11 bits per heavy atom. The smallest absolute Gasteiger partial charge is 0.256 e. The summed E-state index contributed by atoms with van der Waals surface area (Å²) in [5.41, 5.74) is 1.71. The lowest BCUT2D eigenvalue weighted by molar-refractivity contribution is 0.0949. The molecule has 0 spiro atoms. The Morgan fingerprint density at radius 2 is 2.21 bits per heavy atom. The van der Waals surface area contributed by atoms with Crippen molar-refractivity contribution in [2.24, 2.45) is 5.92 Å². The number of anilines is 2. The summed E-state index contributed by atoms with van der Waals surface area (Å²) < 4.78 is 15.5. The van der Waals surface area contributed by atoms with Gasteiger partial charge in [0.05, 0.1) is 18.4 Å². The monoisotopic (exact) mass is 381 g/mol. The van der Waals surface area contributed by atoms with Gasteiger partial charge in [-0.3, -0.25) is 4.79 Å². The molecule has 1 saturated heterocycles. The number of pyridine rings is 1. The standard InChI is InChI=1S/C19H20FN7O/c1-11-14-6-13(20)8-21-17(14)26-4-2-12(10-26)7-22-19(28)15-9-23-27-5-3-16(24-11)25-18(15)27/h3,5-6,8-9,11-12H,2,4,7,10H2,1H3,(H,22,28)(H,24,25)/t11-,12?/m1/s1. The Hall–Kier alpha value is -3.23. The molecule has 0 aromatic carbocycles. The molecule has 0 aliphatic carbocycles. The molecule has 9 heteroatoms. The lowest BCUT2D eigenvalue weighted by Crippen LogP contribution is -2.31. The van der Waals surface area contributed by atoms with Crippen molar-refractivity contribution < 1.29 is 9.18 Å². The second-order valence-corrected chi connectivity index (χ2v) is 7.38. The SMILES string of the molecule is C[C@H]1Nc2ccn3ncc(c3n2)C(=O)NCC2CCN(C2)c2ncc(F)cc21. The van der Waals surface area contributed by atoms with E-state index in [9.17, 15) is 9.18 Å². The molecule has 3 aromatic heterocycles. The molecule has 2 aliphatic rings. The van der Waals surface area contributed by atoms with Gasteiger partial charge in [-0.15, -0.1) is 0 Å². The van der Waals surface area contributed by atoms with Crippen LogP contribution < -0.4 is 15.5 Å². The summed E-state index contributed by atoms with van der Waals surface area (Å²) in [4.78, 5) is 23.7. The van der Waals surface area contributed by atoms with E-state index in [0.717, 1.165) is 30.9 Å². The number of halogens is 1. The minimum absolute atomic E-state index is 0.177. The topological polar surface area (TPSA) is 87.4 Å². The first kappa shape index (κ1) is 16.9. The first-order chi connectivity index (χ1) is 13.6. The maximum Gasteiger partial charge on any atom is 0.256 e. The Labute approximate surface area is 160 Å². The van der Waals surface area contributed by atoms with E-state index in [0.29, 0.717) is 29.5 Å². The molecule has 8 nitrogen and oxygen atoms in total. The molecule has 3 aromatic rings. The van der Waals surface area contributed by atoms with E-state index < -0.39 is 0 Å². The molecule has 2 atom stereocenters. The van der Waals surface area contributed by atoms with Crippen LogP contribution in [0.15, 0.2) is 30.7 Å². The van der Waals surface area contributed by atoms with Crippen LogP contribution in [0.4, 0.5) is 16.0 Å². The molecule has 5 rings (SSSR count). The molecule has 0 radical (unpaired) electrons. The van der Waals surface area contributed by atoms with Crippen LogP contribution in [0.5, 0.6) is 0 Å². The van der Waals surface area contributed by atoms with Gasteiger partial charge in [0, 0.05) is 31.4 Å². The zero-order valence-corrected chi connectivity index (χ0v) is 15.4. The van der Waals surface area contributed by atoms with Crippen LogP contribution in [-0.2, 0) is 0 Å². The molecule has 2 aliphatic heterocycles. The molecule has 1 fully saturated rings. The van der Waals surface area contributed by atoms with Gasteiger partial charge in [0.25, 0.3) is 5.91 Å². The van der Waals surface area contributed by atoms with Crippen LogP contribution in [0.3, 0.4) is 0 Å². The highest BCUT2D eigenvalue weighted by molar-refractivity contribution is 5.99. The predicted octanol–water partition coefficient (Wildman–Crippen LogP) is 2.01. The van der Waals surface area contributed by atoms with E-state index in [1.165, 1.54) is 18.5 Å². The quantitative estimate of drug-likeness (QED) is 0.619. The summed E-state index contributed by atoms with van der Waals surface area (Å²) in [5, 5.41) is 10.5. The van der Waals surface area contributed by atoms with E-state index in [1.54, 1.807) is 16.8 Å². The zero-order chi connectivity index (χ0) is 19.3. The van der Waals surface area contributed by atoms with E-state index in [4.69, 9.17) is 0 Å². The highest BCUT2D eigenvalue weighted by atomic mass is 19.1. The van der Waals surface area contributed by atoms with Gasteiger partial charge in [-0.1, -0.05) is 0 Å². The lowest BCUT2D eigenvalue weighted by atomic mass is 10.1. The van der Waals surface area contributed by atoms with Crippen LogP contribution in [0, 0.1) is 11.7 Å². The number of nitrogens with zero attached hydrogens (tertiary/aromatic N) is 5. The largest absolute Gasteiger partial charge is 0.363 e. The number of aromatic nitrogens is 4. The van der Waals surface area contributed by atoms with E-state index in [1.807, 2.05) is 6.92 Å². The second kappa shape index (κ2) is 6.43. The first-order valence-electron chi connectivity index (χ1n) is 9.38. The van der Waals surface area contributed by atoms with E-state index in [2.05, 4.69) is 30.6 Å². The fourth-order valence-corrected chi connectivity index (χ4v) is 3.96. The van der Waals surface area contributed by atoms with Gasteiger partial charge in [0.1, 0.15) is 23.0 Å². The Balaban J connectivity index is 1.62. The summed E-state index contributed by atoms with van der Waals surface area (Å²) in [6.45, 7) is 4.11. The number of rotatable bonds is 0. The van der Waals surface area contributed by atoms with Crippen LogP contribution in [-0.4, -0.2) is 45.1 Å². The van der Waals surface area contributed by atoms with Crippen molar-refractivity contribution in [3.63, 3.8) is 0 Å². The van der Waals surface area contributed by atoms with E-state index >= 15 is 0 Å². The minimum atomic E-state index is -0.363. The minimum Gasteiger partial charge on any atom is -0.363 e. The van der Waals surface area contributed by atoms with Gasteiger partial charge < -0.3 is 15.5 Å². The van der Waals surface area contributed by atoms with Gasteiger partial charge in [-0.2, -0.15) is 5.10 Å². The van der Waals surface area contributed by atoms with Gasteiger partial charge in [-0.05, 0) is 31.4 Å². The zero-order valence-electron chi connectivity index (χ0n) is 15.4. The summed E-state index contributed by atoms with van der Waals surface area (Å²) in [6, 6.07) is 3.10. The maximum atomic E-state index is 14.0.